The van der Waals surface area contributed by atoms with E-state index in [2.05, 4.69) is 0 Å². The van der Waals surface area contributed by atoms with Gasteiger partial charge in [-0.1, -0.05) is 35.3 Å². The molecule has 116 valence electrons. The minimum Gasteiger partial charge on any atom is -0.482 e. The van der Waals surface area contributed by atoms with E-state index in [1.54, 1.807) is 37.4 Å². The number of nitrogens with zero attached hydrogens (tertiary/aromatic N) is 1. The van der Waals surface area contributed by atoms with Gasteiger partial charge in [-0.05, 0) is 35.9 Å². The van der Waals surface area contributed by atoms with E-state index in [0.717, 1.165) is 5.56 Å². The number of halogens is 3. The smallest absolute Gasteiger partial charge is 0.260 e. The van der Waals surface area contributed by atoms with E-state index >= 15 is 0 Å². The summed E-state index contributed by atoms with van der Waals surface area (Å²) in [5, 5.41) is 0.846. The van der Waals surface area contributed by atoms with Crippen LogP contribution in [0, 0.1) is 5.82 Å². The number of rotatable bonds is 5. The van der Waals surface area contributed by atoms with Gasteiger partial charge >= 0.3 is 0 Å². The van der Waals surface area contributed by atoms with Crippen molar-refractivity contribution in [1.29, 1.82) is 0 Å². The average Bonchev–Trinajstić information content (AvgIpc) is 2.48. The first-order chi connectivity index (χ1) is 10.5. The second-order valence-electron chi connectivity index (χ2n) is 4.74. The van der Waals surface area contributed by atoms with E-state index in [-0.39, 0.29) is 18.3 Å². The molecule has 0 bridgehead atoms. The number of ether oxygens (including phenoxy) is 1. The van der Waals surface area contributed by atoms with Crippen molar-refractivity contribution in [3.8, 4) is 5.75 Å². The number of hydrogen-bond donors (Lipinski definition) is 0. The highest BCUT2D eigenvalue weighted by molar-refractivity contribution is 6.35. The Labute approximate surface area is 138 Å². The molecular weight excluding hydrogens is 328 g/mol. The van der Waals surface area contributed by atoms with Crippen LogP contribution >= 0.6 is 23.2 Å². The third-order valence-corrected chi connectivity index (χ3v) is 3.53. The molecule has 3 nitrogen and oxygen atoms in total. The molecule has 6 heteroatoms. The summed E-state index contributed by atoms with van der Waals surface area (Å²) in [4.78, 5) is 13.5. The fourth-order valence-electron chi connectivity index (χ4n) is 1.79. The lowest BCUT2D eigenvalue weighted by atomic mass is 10.2. The number of benzene rings is 2. The van der Waals surface area contributed by atoms with Crippen LogP contribution in [0.1, 0.15) is 5.56 Å². The second-order valence-corrected chi connectivity index (χ2v) is 5.58. The SMILES string of the molecule is CN(Cc1ccc(F)cc1)C(=O)COc1ccc(Cl)cc1Cl. The highest BCUT2D eigenvalue weighted by Crippen LogP contribution is 2.27. The molecule has 0 aliphatic heterocycles. The number of likely N-dealkylation sites (N-methyl/N-ethyl adjacent to an activating group) is 1. The number of amides is 1. The van der Waals surface area contributed by atoms with Gasteiger partial charge in [0.25, 0.3) is 5.91 Å². The molecule has 0 aliphatic rings. The molecule has 0 unspecified atom stereocenters. The maximum atomic E-state index is 12.8. The molecule has 2 aromatic carbocycles. The molecule has 0 heterocycles. The van der Waals surface area contributed by atoms with Gasteiger partial charge in [0.2, 0.25) is 0 Å². The van der Waals surface area contributed by atoms with Crippen LogP contribution in [0.15, 0.2) is 42.5 Å². The molecule has 2 rings (SSSR count). The summed E-state index contributed by atoms with van der Waals surface area (Å²) in [5.74, 6) is -0.122. The normalized spacial score (nSPS) is 10.4. The first-order valence-electron chi connectivity index (χ1n) is 6.52. The summed E-state index contributed by atoms with van der Waals surface area (Å²) in [6, 6.07) is 10.8. The Morgan fingerprint density at radius 2 is 1.86 bits per heavy atom. The largest absolute Gasteiger partial charge is 0.482 e. The fraction of sp³-hybridized carbons (Fsp3) is 0.188. The molecule has 1 amide bonds. The lowest BCUT2D eigenvalue weighted by Gasteiger charge is -2.18. The molecule has 0 atom stereocenters. The van der Waals surface area contributed by atoms with Crippen molar-refractivity contribution in [2.24, 2.45) is 0 Å². The predicted octanol–water partition coefficient (Wildman–Crippen LogP) is 4.17. The molecule has 0 aliphatic carbocycles. The van der Waals surface area contributed by atoms with Crippen LogP contribution in [0.5, 0.6) is 5.75 Å². The minimum absolute atomic E-state index is 0.140. The first-order valence-corrected chi connectivity index (χ1v) is 7.27. The molecule has 0 saturated carbocycles. The zero-order valence-electron chi connectivity index (χ0n) is 11.9. The molecule has 0 N–H and O–H groups in total. The van der Waals surface area contributed by atoms with E-state index in [0.29, 0.717) is 22.3 Å². The van der Waals surface area contributed by atoms with Crippen LogP contribution in [0.25, 0.3) is 0 Å². The Balaban J connectivity index is 1.89. The van der Waals surface area contributed by atoms with Crippen LogP contribution in [-0.2, 0) is 11.3 Å². The standard InChI is InChI=1S/C16H14Cl2FNO2/c1-20(9-11-2-5-13(19)6-3-11)16(21)10-22-15-7-4-12(17)8-14(15)18/h2-8H,9-10H2,1H3. The molecule has 2 aromatic rings. The summed E-state index contributed by atoms with van der Waals surface area (Å²) < 4.78 is 18.2. The van der Waals surface area contributed by atoms with E-state index in [9.17, 15) is 9.18 Å². The summed E-state index contributed by atoms with van der Waals surface area (Å²) in [7, 11) is 1.65. The lowest BCUT2D eigenvalue weighted by Crippen LogP contribution is -2.31. The van der Waals surface area contributed by atoms with Gasteiger partial charge in [-0.15, -0.1) is 0 Å². The topological polar surface area (TPSA) is 29.5 Å². The van der Waals surface area contributed by atoms with Crippen LogP contribution in [-0.4, -0.2) is 24.5 Å². The number of carbonyl (C=O) groups is 1. The Kier molecular flexibility index (Phi) is 5.63. The van der Waals surface area contributed by atoms with Crippen molar-refractivity contribution in [1.82, 2.24) is 4.90 Å². The van der Waals surface area contributed by atoms with Crippen LogP contribution in [0.4, 0.5) is 4.39 Å². The molecule has 0 spiro atoms. The highest BCUT2D eigenvalue weighted by Gasteiger charge is 2.11. The maximum absolute atomic E-state index is 12.8. The predicted molar refractivity (Wildman–Crippen MR) is 84.8 cm³/mol. The Hall–Kier alpha value is -1.78. The minimum atomic E-state index is -0.307. The maximum Gasteiger partial charge on any atom is 0.260 e. The number of carbonyl (C=O) groups excluding carboxylic acids is 1. The van der Waals surface area contributed by atoms with Gasteiger partial charge in [0.1, 0.15) is 11.6 Å². The van der Waals surface area contributed by atoms with Gasteiger partial charge in [0.05, 0.1) is 5.02 Å². The van der Waals surface area contributed by atoms with Gasteiger partial charge in [0.15, 0.2) is 6.61 Å². The quantitative estimate of drug-likeness (QED) is 0.816. The molecule has 0 radical (unpaired) electrons. The Morgan fingerprint density at radius 1 is 1.18 bits per heavy atom. The molecule has 0 aromatic heterocycles. The Bertz CT molecular complexity index is 662. The average molecular weight is 342 g/mol. The highest BCUT2D eigenvalue weighted by atomic mass is 35.5. The first kappa shape index (κ1) is 16.6. The summed E-state index contributed by atoms with van der Waals surface area (Å²) >= 11 is 11.8. The van der Waals surface area contributed by atoms with Crippen LogP contribution < -0.4 is 4.74 Å². The zero-order valence-corrected chi connectivity index (χ0v) is 13.4. The fourth-order valence-corrected chi connectivity index (χ4v) is 2.26. The zero-order chi connectivity index (χ0) is 16.1. The van der Waals surface area contributed by atoms with Crippen molar-refractivity contribution >= 4 is 29.1 Å². The van der Waals surface area contributed by atoms with Gasteiger partial charge in [-0.25, -0.2) is 4.39 Å². The molecule has 0 fully saturated rings. The number of hydrogen-bond acceptors (Lipinski definition) is 2. The van der Waals surface area contributed by atoms with Gasteiger partial charge in [0, 0.05) is 18.6 Å². The van der Waals surface area contributed by atoms with Gasteiger partial charge in [-0.3, -0.25) is 4.79 Å². The summed E-state index contributed by atoms with van der Waals surface area (Å²) in [5.41, 5.74) is 0.835. The van der Waals surface area contributed by atoms with E-state index in [1.165, 1.54) is 17.0 Å². The van der Waals surface area contributed by atoms with Gasteiger partial charge in [-0.2, -0.15) is 0 Å². The van der Waals surface area contributed by atoms with E-state index in [4.69, 9.17) is 27.9 Å². The molecule has 0 saturated heterocycles. The summed E-state index contributed by atoms with van der Waals surface area (Å²) in [6.45, 7) is 0.232. The van der Waals surface area contributed by atoms with Crippen molar-refractivity contribution in [2.75, 3.05) is 13.7 Å². The van der Waals surface area contributed by atoms with E-state index in [1.807, 2.05) is 0 Å². The van der Waals surface area contributed by atoms with Crippen molar-refractivity contribution < 1.29 is 13.9 Å². The van der Waals surface area contributed by atoms with Crippen molar-refractivity contribution in [3.05, 3.63) is 63.9 Å². The third kappa shape index (κ3) is 4.61. The van der Waals surface area contributed by atoms with Crippen LogP contribution in [0.2, 0.25) is 10.0 Å². The Morgan fingerprint density at radius 3 is 2.50 bits per heavy atom. The van der Waals surface area contributed by atoms with Gasteiger partial charge < -0.3 is 9.64 Å². The van der Waals surface area contributed by atoms with Crippen LogP contribution in [0.3, 0.4) is 0 Å². The van der Waals surface area contributed by atoms with Crippen molar-refractivity contribution in [3.63, 3.8) is 0 Å². The van der Waals surface area contributed by atoms with E-state index < -0.39 is 0 Å². The summed E-state index contributed by atoms with van der Waals surface area (Å²) in [6.07, 6.45) is 0. The monoisotopic (exact) mass is 341 g/mol. The molecule has 22 heavy (non-hydrogen) atoms. The van der Waals surface area contributed by atoms with Crippen molar-refractivity contribution in [2.45, 2.75) is 6.54 Å². The third-order valence-electron chi connectivity index (χ3n) is 3.00. The lowest BCUT2D eigenvalue weighted by molar-refractivity contribution is -0.132. The second kappa shape index (κ2) is 7.47. The molecular formula is C16H14Cl2FNO2.